The van der Waals surface area contributed by atoms with Crippen LogP contribution in [0.3, 0.4) is 0 Å². The lowest BCUT2D eigenvalue weighted by Gasteiger charge is -2.20. The van der Waals surface area contributed by atoms with Crippen LogP contribution in [0.2, 0.25) is 0 Å². The van der Waals surface area contributed by atoms with Crippen molar-refractivity contribution in [3.63, 3.8) is 0 Å². The van der Waals surface area contributed by atoms with Crippen LogP contribution in [0.5, 0.6) is 5.75 Å². The third-order valence-corrected chi connectivity index (χ3v) is 4.15. The van der Waals surface area contributed by atoms with Crippen LogP contribution in [-0.2, 0) is 18.4 Å². The second kappa shape index (κ2) is 6.90. The van der Waals surface area contributed by atoms with Gasteiger partial charge in [0.1, 0.15) is 23.3 Å². The zero-order valence-electron chi connectivity index (χ0n) is 16.2. The van der Waals surface area contributed by atoms with Gasteiger partial charge in [-0.15, -0.1) is 0 Å². The Kier molecular flexibility index (Phi) is 4.78. The number of ether oxygens (including phenoxy) is 1. The lowest BCUT2D eigenvalue weighted by atomic mass is 10.1. The Balaban J connectivity index is 2.04. The van der Waals surface area contributed by atoms with Gasteiger partial charge in [0.05, 0.1) is 13.4 Å². The van der Waals surface area contributed by atoms with E-state index in [1.54, 1.807) is 18.7 Å². The Labute approximate surface area is 157 Å². The van der Waals surface area contributed by atoms with Gasteiger partial charge < -0.3 is 14.6 Å². The Morgan fingerprint density at radius 3 is 2.70 bits per heavy atom. The maximum atomic E-state index is 12.9. The van der Waals surface area contributed by atoms with Crippen molar-refractivity contribution in [2.45, 2.75) is 32.9 Å². The molecule has 2 aromatic heterocycles. The van der Waals surface area contributed by atoms with Gasteiger partial charge in [0.15, 0.2) is 0 Å². The molecule has 7 nitrogen and oxygen atoms in total. The molecule has 1 amide bonds. The number of benzene rings is 1. The van der Waals surface area contributed by atoms with Crippen molar-refractivity contribution in [3.8, 4) is 16.9 Å². The fraction of sp³-hybridized carbons (Fsp3) is 0.350. The van der Waals surface area contributed by atoms with E-state index in [1.165, 1.54) is 10.9 Å². The normalized spacial score (nSPS) is 11.6. The van der Waals surface area contributed by atoms with Crippen molar-refractivity contribution in [2.24, 2.45) is 7.05 Å². The molecule has 3 rings (SSSR count). The number of nitrogens with zero attached hydrogens (tertiary/aromatic N) is 3. The molecule has 0 aliphatic rings. The SMILES string of the molecule is COc1cccc(-c2cn(C)c3c(=O)n(CC(=O)NC(C)(C)C)cnc23)c1. The average molecular weight is 368 g/mol. The maximum absolute atomic E-state index is 12.9. The maximum Gasteiger partial charge on any atom is 0.278 e. The first-order valence-corrected chi connectivity index (χ1v) is 8.69. The van der Waals surface area contributed by atoms with E-state index in [0.29, 0.717) is 11.0 Å². The van der Waals surface area contributed by atoms with Gasteiger partial charge in [-0.3, -0.25) is 14.2 Å². The first-order chi connectivity index (χ1) is 12.7. The Morgan fingerprint density at radius 1 is 1.30 bits per heavy atom. The molecule has 27 heavy (non-hydrogen) atoms. The minimum atomic E-state index is -0.358. The molecule has 0 unspecified atom stereocenters. The van der Waals surface area contributed by atoms with E-state index < -0.39 is 0 Å². The zero-order chi connectivity index (χ0) is 19.8. The number of nitrogens with one attached hydrogen (secondary N) is 1. The number of fused-ring (bicyclic) bond motifs is 1. The second-order valence-corrected chi connectivity index (χ2v) is 7.56. The number of hydrogen-bond acceptors (Lipinski definition) is 4. The fourth-order valence-corrected chi connectivity index (χ4v) is 3.04. The zero-order valence-corrected chi connectivity index (χ0v) is 16.2. The number of amides is 1. The van der Waals surface area contributed by atoms with Gasteiger partial charge in [-0.25, -0.2) is 4.98 Å². The predicted octanol–water partition coefficient (Wildman–Crippen LogP) is 2.33. The van der Waals surface area contributed by atoms with E-state index in [9.17, 15) is 9.59 Å². The summed E-state index contributed by atoms with van der Waals surface area (Å²) in [4.78, 5) is 29.6. The van der Waals surface area contributed by atoms with Crippen LogP contribution >= 0.6 is 0 Å². The van der Waals surface area contributed by atoms with E-state index >= 15 is 0 Å². The molecule has 0 aliphatic heterocycles. The minimum absolute atomic E-state index is 0.0707. The van der Waals surface area contributed by atoms with Crippen molar-refractivity contribution >= 4 is 16.9 Å². The Bertz CT molecular complexity index is 1060. The molecule has 7 heteroatoms. The van der Waals surface area contributed by atoms with Crippen LogP contribution in [0.25, 0.3) is 22.2 Å². The van der Waals surface area contributed by atoms with Crippen molar-refractivity contribution in [1.82, 2.24) is 19.4 Å². The Hall–Kier alpha value is -3.09. The van der Waals surface area contributed by atoms with Crippen LogP contribution < -0.4 is 15.6 Å². The van der Waals surface area contributed by atoms with Crippen LogP contribution in [0.4, 0.5) is 0 Å². The summed E-state index contributed by atoms with van der Waals surface area (Å²) < 4.78 is 8.36. The number of carbonyl (C=O) groups excluding carboxylic acids is 1. The molecule has 0 saturated carbocycles. The van der Waals surface area contributed by atoms with Crippen molar-refractivity contribution in [3.05, 3.63) is 47.1 Å². The van der Waals surface area contributed by atoms with E-state index in [-0.39, 0.29) is 23.6 Å². The predicted molar refractivity (Wildman–Crippen MR) is 105 cm³/mol. The lowest BCUT2D eigenvalue weighted by Crippen LogP contribution is -2.43. The molecule has 1 N–H and O–H groups in total. The molecule has 0 spiro atoms. The fourth-order valence-electron chi connectivity index (χ4n) is 3.04. The molecular formula is C20H24N4O3. The summed E-state index contributed by atoms with van der Waals surface area (Å²) in [5.41, 5.74) is 2.20. The van der Waals surface area contributed by atoms with Crippen molar-refractivity contribution in [1.29, 1.82) is 0 Å². The highest BCUT2D eigenvalue weighted by Gasteiger charge is 2.18. The van der Waals surface area contributed by atoms with Gasteiger partial charge in [0.2, 0.25) is 5.91 Å². The summed E-state index contributed by atoms with van der Waals surface area (Å²) >= 11 is 0. The molecule has 2 heterocycles. The number of carbonyl (C=O) groups is 1. The van der Waals surface area contributed by atoms with Gasteiger partial charge in [0.25, 0.3) is 5.56 Å². The summed E-state index contributed by atoms with van der Waals surface area (Å²) in [7, 11) is 3.41. The topological polar surface area (TPSA) is 78.1 Å². The molecule has 0 bridgehead atoms. The van der Waals surface area contributed by atoms with Crippen LogP contribution in [0.1, 0.15) is 20.8 Å². The number of aromatic nitrogens is 3. The molecular weight excluding hydrogens is 344 g/mol. The van der Waals surface area contributed by atoms with Crippen molar-refractivity contribution < 1.29 is 9.53 Å². The molecule has 0 saturated heterocycles. The molecule has 0 fully saturated rings. The summed E-state index contributed by atoms with van der Waals surface area (Å²) in [6, 6.07) is 7.61. The first kappa shape index (κ1) is 18.7. The number of methoxy groups -OCH3 is 1. The molecule has 1 aromatic carbocycles. The van der Waals surface area contributed by atoms with E-state index in [0.717, 1.165) is 16.9 Å². The van der Waals surface area contributed by atoms with Gasteiger partial charge >= 0.3 is 0 Å². The Morgan fingerprint density at radius 2 is 2.04 bits per heavy atom. The third kappa shape index (κ3) is 3.86. The van der Waals surface area contributed by atoms with E-state index in [4.69, 9.17) is 4.74 Å². The summed E-state index contributed by atoms with van der Waals surface area (Å²) in [6.45, 7) is 5.62. The smallest absolute Gasteiger partial charge is 0.278 e. The van der Waals surface area contributed by atoms with E-state index in [2.05, 4.69) is 10.3 Å². The highest BCUT2D eigenvalue weighted by Crippen LogP contribution is 2.29. The lowest BCUT2D eigenvalue weighted by molar-refractivity contribution is -0.123. The van der Waals surface area contributed by atoms with Gasteiger partial charge in [-0.1, -0.05) is 12.1 Å². The highest BCUT2D eigenvalue weighted by molar-refractivity contribution is 5.92. The molecule has 3 aromatic rings. The van der Waals surface area contributed by atoms with Crippen LogP contribution in [0.15, 0.2) is 41.6 Å². The summed E-state index contributed by atoms with van der Waals surface area (Å²) in [5.74, 6) is 0.504. The molecule has 142 valence electrons. The van der Waals surface area contributed by atoms with Crippen LogP contribution in [0, 0.1) is 0 Å². The number of aryl methyl sites for hydroxylation is 1. The van der Waals surface area contributed by atoms with Gasteiger partial charge in [0, 0.05) is 24.3 Å². The minimum Gasteiger partial charge on any atom is -0.497 e. The number of rotatable bonds is 4. The average Bonchev–Trinajstić information content (AvgIpc) is 2.93. The third-order valence-electron chi connectivity index (χ3n) is 4.15. The highest BCUT2D eigenvalue weighted by atomic mass is 16.5. The molecule has 0 radical (unpaired) electrons. The largest absolute Gasteiger partial charge is 0.497 e. The van der Waals surface area contributed by atoms with E-state index in [1.807, 2.05) is 51.2 Å². The number of hydrogen-bond donors (Lipinski definition) is 1. The summed E-state index contributed by atoms with van der Waals surface area (Å²) in [6.07, 6.45) is 3.30. The van der Waals surface area contributed by atoms with Crippen LogP contribution in [-0.4, -0.2) is 32.7 Å². The molecule has 0 aliphatic carbocycles. The van der Waals surface area contributed by atoms with Gasteiger partial charge in [-0.05, 0) is 38.5 Å². The van der Waals surface area contributed by atoms with Crippen molar-refractivity contribution in [2.75, 3.05) is 7.11 Å². The summed E-state index contributed by atoms with van der Waals surface area (Å²) in [5, 5.41) is 2.85. The molecule has 0 atom stereocenters. The van der Waals surface area contributed by atoms with Gasteiger partial charge in [-0.2, -0.15) is 0 Å². The monoisotopic (exact) mass is 368 g/mol. The standard InChI is InChI=1S/C20H24N4O3/c1-20(2,3)22-16(25)11-24-12-21-17-15(10-23(4)18(17)19(24)26)13-7-6-8-14(9-13)27-5/h6-10,12H,11H2,1-5H3,(H,22,25). The quantitative estimate of drug-likeness (QED) is 0.767. The second-order valence-electron chi connectivity index (χ2n) is 7.56. The first-order valence-electron chi connectivity index (χ1n) is 8.69.